The molecule has 0 aliphatic carbocycles. The molecule has 0 unspecified atom stereocenters. The van der Waals surface area contributed by atoms with Gasteiger partial charge in [-0.2, -0.15) is 0 Å². The van der Waals surface area contributed by atoms with Gasteiger partial charge in [-0.3, -0.25) is 4.79 Å². The van der Waals surface area contributed by atoms with E-state index in [2.05, 4.69) is 25.1 Å². The fourth-order valence-corrected chi connectivity index (χ4v) is 3.14. The van der Waals surface area contributed by atoms with Crippen molar-refractivity contribution in [2.24, 2.45) is 0 Å². The van der Waals surface area contributed by atoms with Gasteiger partial charge in [0.05, 0.1) is 12.1 Å². The zero-order valence-electron chi connectivity index (χ0n) is 18.2. The van der Waals surface area contributed by atoms with Crippen LogP contribution in [0, 0.1) is 0 Å². The quantitative estimate of drug-likeness (QED) is 0.316. The Morgan fingerprint density at radius 3 is 2.53 bits per heavy atom. The maximum Gasteiger partial charge on any atom is 0.255 e. The fourth-order valence-electron chi connectivity index (χ4n) is 2.97. The van der Waals surface area contributed by atoms with Crippen LogP contribution in [-0.4, -0.2) is 17.7 Å². The smallest absolute Gasteiger partial charge is 0.255 e. The molecule has 0 spiro atoms. The summed E-state index contributed by atoms with van der Waals surface area (Å²) in [6.45, 7) is 13.3. The minimum atomic E-state index is -0.568. The number of rotatable bonds is 9. The highest BCUT2D eigenvalue weighted by molar-refractivity contribution is 6.31. The maximum atomic E-state index is 13.1. The molecule has 0 bridgehead atoms. The number of hydrogen-bond donors (Lipinski definition) is 1. The van der Waals surface area contributed by atoms with E-state index in [4.69, 9.17) is 16.3 Å². The molecule has 0 aliphatic rings. The first kappa shape index (κ1) is 25.1. The van der Waals surface area contributed by atoms with Crippen molar-refractivity contribution in [1.29, 1.82) is 0 Å². The summed E-state index contributed by atoms with van der Waals surface area (Å²) >= 11 is 6.15. The van der Waals surface area contributed by atoms with E-state index in [9.17, 15) is 9.18 Å². The van der Waals surface area contributed by atoms with Crippen LogP contribution >= 0.6 is 11.6 Å². The van der Waals surface area contributed by atoms with E-state index < -0.39 is 5.83 Å². The average molecular weight is 455 g/mol. The molecule has 6 heteroatoms. The van der Waals surface area contributed by atoms with Gasteiger partial charge in [-0.05, 0) is 48.2 Å². The van der Waals surface area contributed by atoms with Gasteiger partial charge in [0.2, 0.25) is 0 Å². The Morgan fingerprint density at radius 2 is 1.88 bits per heavy atom. The molecule has 0 saturated carbocycles. The number of nitrogens with zero attached hydrogens (tertiary/aromatic N) is 1. The lowest BCUT2D eigenvalue weighted by molar-refractivity contribution is 0.298. The van der Waals surface area contributed by atoms with Crippen molar-refractivity contribution in [1.82, 2.24) is 9.88 Å². The molecule has 1 heterocycles. The van der Waals surface area contributed by atoms with E-state index in [0.717, 1.165) is 16.7 Å². The average Bonchev–Trinajstić information content (AvgIpc) is 2.77. The molecule has 1 N–H and O–H groups in total. The summed E-state index contributed by atoms with van der Waals surface area (Å²) < 4.78 is 20.5. The number of halogens is 2. The molecule has 168 valence electrons. The fraction of sp³-hybridized carbons (Fsp3) is 0.192. The number of aromatic nitrogens is 1. The third-order valence-electron chi connectivity index (χ3n) is 4.50. The lowest BCUT2D eigenvalue weighted by atomic mass is 10.1. The molecule has 3 aromatic rings. The van der Waals surface area contributed by atoms with Gasteiger partial charge in [-0.15, -0.1) is 6.58 Å². The Hall–Kier alpha value is -3.15. The number of pyridine rings is 1. The van der Waals surface area contributed by atoms with Crippen LogP contribution in [0.15, 0.2) is 96.6 Å². The van der Waals surface area contributed by atoms with Crippen molar-refractivity contribution < 1.29 is 9.13 Å². The molecular weight excluding hydrogens is 427 g/mol. The van der Waals surface area contributed by atoms with Crippen LogP contribution in [0.25, 0.3) is 10.9 Å². The number of fused-ring (bicyclic) bond motifs is 1. The molecule has 0 saturated heterocycles. The van der Waals surface area contributed by atoms with Crippen molar-refractivity contribution in [2.75, 3.05) is 13.2 Å². The van der Waals surface area contributed by atoms with Crippen LogP contribution in [0.3, 0.4) is 0 Å². The highest BCUT2D eigenvalue weighted by Gasteiger charge is 2.11. The van der Waals surface area contributed by atoms with Crippen molar-refractivity contribution in [3.8, 4) is 5.75 Å². The van der Waals surface area contributed by atoms with Gasteiger partial charge in [0.25, 0.3) is 5.56 Å². The normalized spacial score (nSPS) is 10.2. The third-order valence-corrected chi connectivity index (χ3v) is 4.73. The van der Waals surface area contributed by atoms with E-state index in [1.54, 1.807) is 22.8 Å². The first-order chi connectivity index (χ1) is 15.4. The van der Waals surface area contributed by atoms with Crippen molar-refractivity contribution in [3.05, 3.63) is 113 Å². The lowest BCUT2D eigenvalue weighted by Gasteiger charge is -2.15. The molecule has 32 heavy (non-hydrogen) atoms. The van der Waals surface area contributed by atoms with Gasteiger partial charge in [-0.1, -0.05) is 55.1 Å². The molecule has 0 aliphatic heterocycles. The summed E-state index contributed by atoms with van der Waals surface area (Å²) in [5.41, 5.74) is 1.42. The molecule has 1 aromatic heterocycles. The molecule has 4 nitrogen and oxygen atoms in total. The predicted molar refractivity (Wildman–Crippen MR) is 132 cm³/mol. The van der Waals surface area contributed by atoms with E-state index in [1.807, 2.05) is 49.4 Å². The molecule has 2 aromatic carbocycles. The summed E-state index contributed by atoms with van der Waals surface area (Å²) in [7, 11) is 0. The van der Waals surface area contributed by atoms with Gasteiger partial charge >= 0.3 is 0 Å². The van der Waals surface area contributed by atoms with Crippen molar-refractivity contribution in [2.45, 2.75) is 20.0 Å². The predicted octanol–water partition coefficient (Wildman–Crippen LogP) is 6.06. The minimum Gasteiger partial charge on any atom is -0.492 e. The largest absolute Gasteiger partial charge is 0.492 e. The maximum absolute atomic E-state index is 13.1. The Morgan fingerprint density at radius 1 is 1.19 bits per heavy atom. The van der Waals surface area contributed by atoms with E-state index in [-0.39, 0.29) is 24.2 Å². The molecule has 0 fully saturated rings. The summed E-state index contributed by atoms with van der Waals surface area (Å²) in [5, 5.41) is 4.48. The van der Waals surface area contributed by atoms with Gasteiger partial charge in [-0.25, -0.2) is 4.39 Å². The highest BCUT2D eigenvalue weighted by Crippen LogP contribution is 2.19. The molecular formula is C26H28ClFN2O2. The minimum absolute atomic E-state index is 0.145. The molecule has 0 amide bonds. The standard InChI is InChI=1S/C23H22ClFN2O2.C3H6/c1-16(17(2)25)14-26-15-19-12-18-8-9-20(24)13-22(18)27(23(19)28)10-11-29-21-6-4-3-5-7-21;1-3-2/h3-9,12-13,26H,1-2,10-11,14-15H2;3H,1H2,2H3. The van der Waals surface area contributed by atoms with Crippen LogP contribution < -0.4 is 15.6 Å². The van der Waals surface area contributed by atoms with Crippen LogP contribution in [0.4, 0.5) is 4.39 Å². The Balaban J connectivity index is 0.00000114. The SMILES string of the molecule is C=C(F)C(=C)CNCc1cc2ccc(Cl)cc2n(CCOc2ccccc2)c1=O.C=CC. The lowest BCUT2D eigenvalue weighted by Crippen LogP contribution is -2.29. The summed E-state index contributed by atoms with van der Waals surface area (Å²) in [5.74, 6) is 0.173. The Labute approximate surface area is 193 Å². The summed E-state index contributed by atoms with van der Waals surface area (Å²) in [4.78, 5) is 13.1. The van der Waals surface area contributed by atoms with Gasteiger partial charge < -0.3 is 14.6 Å². The number of nitrogens with one attached hydrogen (secondary N) is 1. The number of hydrogen-bond acceptors (Lipinski definition) is 3. The Bertz CT molecular complexity index is 1140. The van der Waals surface area contributed by atoms with Gasteiger partial charge in [0.1, 0.15) is 18.2 Å². The second kappa shape index (κ2) is 12.6. The highest BCUT2D eigenvalue weighted by atomic mass is 35.5. The van der Waals surface area contributed by atoms with E-state index in [0.29, 0.717) is 23.7 Å². The van der Waals surface area contributed by atoms with Crippen LogP contribution in [0.2, 0.25) is 5.02 Å². The van der Waals surface area contributed by atoms with E-state index in [1.165, 1.54) is 0 Å². The van der Waals surface area contributed by atoms with Crippen LogP contribution in [0.5, 0.6) is 5.75 Å². The van der Waals surface area contributed by atoms with Gasteiger partial charge in [0, 0.05) is 23.7 Å². The number of ether oxygens (including phenoxy) is 1. The zero-order chi connectivity index (χ0) is 23.5. The topological polar surface area (TPSA) is 43.3 Å². The molecule has 3 rings (SSSR count). The molecule has 0 radical (unpaired) electrons. The van der Waals surface area contributed by atoms with Gasteiger partial charge in [0.15, 0.2) is 0 Å². The monoisotopic (exact) mass is 454 g/mol. The van der Waals surface area contributed by atoms with E-state index >= 15 is 0 Å². The summed E-state index contributed by atoms with van der Waals surface area (Å²) in [6.07, 6.45) is 1.75. The number of allylic oxidation sites excluding steroid dienone is 1. The van der Waals surface area contributed by atoms with Crippen molar-refractivity contribution >= 4 is 22.5 Å². The first-order valence-electron chi connectivity index (χ1n) is 10.2. The second-order valence-electron chi connectivity index (χ2n) is 7.01. The summed E-state index contributed by atoms with van der Waals surface area (Å²) in [6, 6.07) is 16.7. The second-order valence-corrected chi connectivity index (χ2v) is 7.45. The van der Waals surface area contributed by atoms with Crippen molar-refractivity contribution in [3.63, 3.8) is 0 Å². The first-order valence-corrected chi connectivity index (χ1v) is 10.5. The molecule has 0 atom stereocenters. The third kappa shape index (κ3) is 7.22. The van der Waals surface area contributed by atoms with Crippen LogP contribution in [-0.2, 0) is 13.1 Å². The van der Waals surface area contributed by atoms with Crippen LogP contribution in [0.1, 0.15) is 12.5 Å². The Kier molecular flexibility index (Phi) is 9.92. The zero-order valence-corrected chi connectivity index (χ0v) is 19.0. The number of para-hydroxylation sites is 1. The number of benzene rings is 2.